The molecule has 0 aromatic carbocycles. The largest absolute Gasteiger partial charge is 0.455 e. The molecule has 2 aromatic heterocycles. The minimum atomic E-state index is -0.540. The molecule has 2 aromatic rings. The van der Waals surface area contributed by atoms with E-state index in [-0.39, 0.29) is 11.9 Å². The number of carbonyl (C=O) groups is 1. The van der Waals surface area contributed by atoms with Crippen LogP contribution in [0.4, 0.5) is 5.95 Å². The van der Waals surface area contributed by atoms with Crippen molar-refractivity contribution in [3.05, 3.63) is 29.2 Å². The molecule has 3 N–H and O–H groups in total. The van der Waals surface area contributed by atoms with Gasteiger partial charge in [-0.2, -0.15) is 0 Å². The van der Waals surface area contributed by atoms with Crippen LogP contribution in [-0.4, -0.2) is 26.5 Å². The Kier molecular flexibility index (Phi) is 3.72. The summed E-state index contributed by atoms with van der Waals surface area (Å²) < 4.78 is 5.40. The van der Waals surface area contributed by atoms with Gasteiger partial charge in [-0.05, 0) is 46.2 Å². The number of aryl methyl sites for hydroxylation is 1. The van der Waals surface area contributed by atoms with Crippen LogP contribution in [0.3, 0.4) is 0 Å². The lowest BCUT2D eigenvalue weighted by Gasteiger charge is -2.19. The normalized spacial score (nSPS) is 11.5. The molecule has 2 rings (SSSR count). The number of nitrogen functional groups attached to an aromatic ring is 1. The average molecular weight is 288 g/mol. The third-order valence-electron chi connectivity index (χ3n) is 2.97. The Morgan fingerprint density at radius 1 is 1.33 bits per heavy atom. The number of hydrogen-bond donors (Lipinski definition) is 2. The molecule has 0 saturated heterocycles. The standard InChI is InChI=1S/C15H20N4O2/c1-8-11(10-6-7-17-14(16)19-10)9(2)18-12(8)13(20)21-15(3,4)5/h6-7,18H,1-5H3,(H2,16,17,19). The number of anilines is 1. The smallest absolute Gasteiger partial charge is 0.355 e. The third-order valence-corrected chi connectivity index (χ3v) is 2.97. The first-order valence-corrected chi connectivity index (χ1v) is 6.70. The molecule has 0 amide bonds. The van der Waals surface area contributed by atoms with E-state index in [1.54, 1.807) is 12.3 Å². The van der Waals surface area contributed by atoms with Gasteiger partial charge in [-0.15, -0.1) is 0 Å². The second kappa shape index (κ2) is 5.20. The number of nitrogens with two attached hydrogens (primary N) is 1. The zero-order valence-electron chi connectivity index (χ0n) is 12.9. The lowest BCUT2D eigenvalue weighted by Crippen LogP contribution is -2.24. The van der Waals surface area contributed by atoms with E-state index in [0.717, 1.165) is 16.8 Å². The van der Waals surface area contributed by atoms with Gasteiger partial charge < -0.3 is 15.5 Å². The highest BCUT2D eigenvalue weighted by Gasteiger charge is 2.24. The van der Waals surface area contributed by atoms with E-state index in [9.17, 15) is 4.79 Å². The summed E-state index contributed by atoms with van der Waals surface area (Å²) >= 11 is 0. The predicted molar refractivity (Wildman–Crippen MR) is 80.9 cm³/mol. The molecule has 6 heteroatoms. The van der Waals surface area contributed by atoms with Crippen LogP contribution < -0.4 is 5.73 Å². The number of aromatic amines is 1. The summed E-state index contributed by atoms with van der Waals surface area (Å²) in [6.45, 7) is 9.25. The number of esters is 1. The van der Waals surface area contributed by atoms with Crippen molar-refractivity contribution in [1.82, 2.24) is 15.0 Å². The molecule has 0 aliphatic rings. The van der Waals surface area contributed by atoms with Crippen LogP contribution in [0.15, 0.2) is 12.3 Å². The highest BCUT2D eigenvalue weighted by molar-refractivity contribution is 5.92. The highest BCUT2D eigenvalue weighted by Crippen LogP contribution is 2.29. The van der Waals surface area contributed by atoms with Crippen molar-refractivity contribution in [3.8, 4) is 11.3 Å². The molecule has 0 fully saturated rings. The fourth-order valence-corrected chi connectivity index (χ4v) is 2.18. The van der Waals surface area contributed by atoms with Crippen LogP contribution in [0.1, 0.15) is 42.5 Å². The van der Waals surface area contributed by atoms with Gasteiger partial charge in [0.1, 0.15) is 11.3 Å². The zero-order chi connectivity index (χ0) is 15.8. The van der Waals surface area contributed by atoms with Gasteiger partial charge in [-0.25, -0.2) is 14.8 Å². The van der Waals surface area contributed by atoms with E-state index in [1.165, 1.54) is 0 Å². The summed E-state index contributed by atoms with van der Waals surface area (Å²) in [6, 6.07) is 1.76. The third kappa shape index (κ3) is 3.21. The molecule has 6 nitrogen and oxygen atoms in total. The van der Waals surface area contributed by atoms with Crippen molar-refractivity contribution in [1.29, 1.82) is 0 Å². The first-order valence-electron chi connectivity index (χ1n) is 6.70. The lowest BCUT2D eigenvalue weighted by molar-refractivity contribution is 0.00627. The van der Waals surface area contributed by atoms with Crippen molar-refractivity contribution in [2.75, 3.05) is 5.73 Å². The second-order valence-corrected chi connectivity index (χ2v) is 5.93. The van der Waals surface area contributed by atoms with Crippen LogP contribution in [-0.2, 0) is 4.74 Å². The number of aromatic nitrogens is 3. The van der Waals surface area contributed by atoms with E-state index in [2.05, 4.69) is 15.0 Å². The van der Waals surface area contributed by atoms with E-state index in [0.29, 0.717) is 11.4 Å². The van der Waals surface area contributed by atoms with Crippen molar-refractivity contribution >= 4 is 11.9 Å². The Hall–Kier alpha value is -2.37. The van der Waals surface area contributed by atoms with Crippen molar-refractivity contribution < 1.29 is 9.53 Å². The van der Waals surface area contributed by atoms with Crippen LogP contribution in [0.2, 0.25) is 0 Å². The molecular weight excluding hydrogens is 268 g/mol. The Balaban J connectivity index is 2.45. The van der Waals surface area contributed by atoms with E-state index in [1.807, 2.05) is 34.6 Å². The predicted octanol–water partition coefficient (Wildman–Crippen LogP) is 2.63. The fraction of sp³-hybridized carbons (Fsp3) is 0.400. The molecule has 0 saturated carbocycles. The van der Waals surface area contributed by atoms with Gasteiger partial charge in [0.25, 0.3) is 0 Å². The Morgan fingerprint density at radius 2 is 2.00 bits per heavy atom. The molecule has 0 atom stereocenters. The molecular formula is C15H20N4O2. The number of rotatable bonds is 2. The number of H-pyrrole nitrogens is 1. The quantitative estimate of drug-likeness (QED) is 0.828. The second-order valence-electron chi connectivity index (χ2n) is 5.93. The number of nitrogens with zero attached hydrogens (tertiary/aromatic N) is 2. The summed E-state index contributed by atoms with van der Waals surface area (Å²) in [6.07, 6.45) is 1.59. The van der Waals surface area contributed by atoms with Gasteiger partial charge in [-0.1, -0.05) is 0 Å². The topological polar surface area (TPSA) is 93.9 Å². The maximum atomic E-state index is 12.2. The number of nitrogens with one attached hydrogen (secondary N) is 1. The summed E-state index contributed by atoms with van der Waals surface area (Å²) in [5, 5.41) is 0. The van der Waals surface area contributed by atoms with Crippen LogP contribution in [0.5, 0.6) is 0 Å². The van der Waals surface area contributed by atoms with Crippen LogP contribution in [0.25, 0.3) is 11.3 Å². The van der Waals surface area contributed by atoms with Crippen LogP contribution >= 0.6 is 0 Å². The minimum Gasteiger partial charge on any atom is -0.455 e. The summed E-state index contributed by atoms with van der Waals surface area (Å²) in [5.41, 5.74) is 8.69. The molecule has 21 heavy (non-hydrogen) atoms. The van der Waals surface area contributed by atoms with Gasteiger partial charge in [0.2, 0.25) is 5.95 Å². The van der Waals surface area contributed by atoms with Gasteiger partial charge >= 0.3 is 5.97 Å². The van der Waals surface area contributed by atoms with Gasteiger partial charge in [-0.3, -0.25) is 0 Å². The number of ether oxygens (including phenoxy) is 1. The van der Waals surface area contributed by atoms with E-state index in [4.69, 9.17) is 10.5 Å². The Labute approximate surface area is 123 Å². The zero-order valence-corrected chi connectivity index (χ0v) is 12.9. The molecule has 0 bridgehead atoms. The van der Waals surface area contributed by atoms with Crippen molar-refractivity contribution in [3.63, 3.8) is 0 Å². The van der Waals surface area contributed by atoms with Crippen LogP contribution in [0, 0.1) is 13.8 Å². The van der Waals surface area contributed by atoms with Gasteiger partial charge in [0.05, 0.1) is 5.69 Å². The molecule has 0 spiro atoms. The molecule has 112 valence electrons. The van der Waals surface area contributed by atoms with E-state index >= 15 is 0 Å². The monoisotopic (exact) mass is 288 g/mol. The Bertz CT molecular complexity index is 683. The fourth-order valence-electron chi connectivity index (χ4n) is 2.18. The van der Waals surface area contributed by atoms with Crippen molar-refractivity contribution in [2.24, 2.45) is 0 Å². The summed E-state index contributed by atoms with van der Waals surface area (Å²) in [5.74, 6) is -0.178. The molecule has 0 radical (unpaired) electrons. The maximum absolute atomic E-state index is 12.2. The first kappa shape index (κ1) is 15.0. The van der Waals surface area contributed by atoms with Crippen molar-refractivity contribution in [2.45, 2.75) is 40.2 Å². The van der Waals surface area contributed by atoms with Gasteiger partial charge in [0.15, 0.2) is 0 Å². The SMILES string of the molecule is Cc1[nH]c(C(=O)OC(C)(C)C)c(C)c1-c1ccnc(N)n1. The summed E-state index contributed by atoms with van der Waals surface area (Å²) in [4.78, 5) is 23.4. The molecule has 0 unspecified atom stereocenters. The maximum Gasteiger partial charge on any atom is 0.355 e. The molecule has 2 heterocycles. The van der Waals surface area contributed by atoms with E-state index < -0.39 is 5.60 Å². The lowest BCUT2D eigenvalue weighted by atomic mass is 10.1. The molecule has 0 aliphatic carbocycles. The van der Waals surface area contributed by atoms with Gasteiger partial charge in [0, 0.05) is 17.5 Å². The summed E-state index contributed by atoms with van der Waals surface area (Å²) in [7, 11) is 0. The highest BCUT2D eigenvalue weighted by atomic mass is 16.6. The molecule has 0 aliphatic heterocycles. The average Bonchev–Trinajstić information content (AvgIpc) is 2.62. The minimum absolute atomic E-state index is 0.200. The Morgan fingerprint density at radius 3 is 2.57 bits per heavy atom. The number of hydrogen-bond acceptors (Lipinski definition) is 5. The number of carbonyl (C=O) groups excluding carboxylic acids is 1. The first-order chi connectivity index (χ1) is 9.69.